The quantitative estimate of drug-likeness (QED) is 0.784. The van der Waals surface area contributed by atoms with Crippen LogP contribution in [0, 0.1) is 0 Å². The van der Waals surface area contributed by atoms with Gasteiger partial charge in [-0.15, -0.1) is 0 Å². The predicted octanol–water partition coefficient (Wildman–Crippen LogP) is 2.89. The average molecular weight is 288 g/mol. The Labute approximate surface area is 105 Å². The molecule has 0 saturated heterocycles. The van der Waals surface area contributed by atoms with Crippen LogP contribution in [0.15, 0.2) is 22.8 Å². The van der Waals surface area contributed by atoms with Crippen LogP contribution in [0.5, 0.6) is 0 Å². The normalized spacial score (nSPS) is 12.4. The highest BCUT2D eigenvalue weighted by Crippen LogP contribution is 2.07. The molecule has 1 unspecified atom stereocenters. The zero-order chi connectivity index (χ0) is 11.8. The van der Waals surface area contributed by atoms with Crippen LogP contribution < -0.4 is 5.32 Å². The lowest BCUT2D eigenvalue weighted by molar-refractivity contribution is -0.121. The van der Waals surface area contributed by atoms with E-state index in [9.17, 15) is 4.79 Å². The standard InChI is InChI=1S/C12H18BrNO2/c1-2-4-10(13)9-14-12(15)7-6-11-5-3-8-16-11/h3,5,8,10H,2,4,6-7,9H2,1H3,(H,14,15). The van der Waals surface area contributed by atoms with Crippen LogP contribution in [-0.4, -0.2) is 17.3 Å². The molecule has 1 aromatic rings. The third-order valence-corrected chi connectivity index (χ3v) is 3.08. The summed E-state index contributed by atoms with van der Waals surface area (Å²) in [7, 11) is 0. The molecule has 1 rings (SSSR count). The number of hydrogen-bond acceptors (Lipinski definition) is 2. The van der Waals surface area contributed by atoms with Gasteiger partial charge in [0.2, 0.25) is 5.91 Å². The first-order valence-corrected chi connectivity index (χ1v) is 6.57. The summed E-state index contributed by atoms with van der Waals surface area (Å²) in [6.07, 6.45) is 4.98. The molecule has 1 aromatic heterocycles. The van der Waals surface area contributed by atoms with Crippen molar-refractivity contribution >= 4 is 21.8 Å². The molecule has 4 heteroatoms. The number of hydrogen-bond donors (Lipinski definition) is 1. The summed E-state index contributed by atoms with van der Waals surface area (Å²) in [5.74, 6) is 0.941. The Kier molecular flexibility index (Phi) is 6.23. The Hall–Kier alpha value is -0.770. The highest BCUT2D eigenvalue weighted by molar-refractivity contribution is 9.09. The number of carbonyl (C=O) groups is 1. The van der Waals surface area contributed by atoms with Gasteiger partial charge >= 0.3 is 0 Å². The molecule has 1 N–H and O–H groups in total. The second-order valence-electron chi connectivity index (χ2n) is 3.77. The number of carbonyl (C=O) groups excluding carboxylic acids is 1. The number of halogens is 1. The molecule has 1 heterocycles. The van der Waals surface area contributed by atoms with Crippen LogP contribution in [0.1, 0.15) is 31.9 Å². The summed E-state index contributed by atoms with van der Waals surface area (Å²) >= 11 is 3.52. The Morgan fingerprint density at radius 1 is 1.62 bits per heavy atom. The van der Waals surface area contributed by atoms with E-state index in [-0.39, 0.29) is 5.91 Å². The molecule has 0 aromatic carbocycles. The van der Waals surface area contributed by atoms with Gasteiger partial charge in [0.05, 0.1) is 6.26 Å². The predicted molar refractivity (Wildman–Crippen MR) is 67.7 cm³/mol. The smallest absolute Gasteiger partial charge is 0.220 e. The lowest BCUT2D eigenvalue weighted by Crippen LogP contribution is -2.29. The first kappa shape index (κ1) is 13.3. The van der Waals surface area contributed by atoms with Crippen molar-refractivity contribution in [3.05, 3.63) is 24.2 Å². The third kappa shape index (κ3) is 5.35. The van der Waals surface area contributed by atoms with Crippen molar-refractivity contribution in [3.63, 3.8) is 0 Å². The van der Waals surface area contributed by atoms with Crippen LogP contribution in [-0.2, 0) is 11.2 Å². The molecule has 0 aliphatic heterocycles. The van der Waals surface area contributed by atoms with Crippen molar-refractivity contribution in [3.8, 4) is 0 Å². The number of rotatable bonds is 7. The van der Waals surface area contributed by atoms with Gasteiger partial charge in [-0.05, 0) is 18.6 Å². The van der Waals surface area contributed by atoms with E-state index in [1.165, 1.54) is 0 Å². The van der Waals surface area contributed by atoms with Gasteiger partial charge in [0.1, 0.15) is 5.76 Å². The lowest BCUT2D eigenvalue weighted by Gasteiger charge is -2.09. The zero-order valence-corrected chi connectivity index (χ0v) is 11.1. The van der Waals surface area contributed by atoms with Gasteiger partial charge in [0.25, 0.3) is 0 Å². The number of nitrogens with one attached hydrogen (secondary N) is 1. The summed E-state index contributed by atoms with van der Waals surface area (Å²) in [6, 6.07) is 3.72. The molecule has 0 radical (unpaired) electrons. The molecule has 0 bridgehead atoms. The van der Waals surface area contributed by atoms with Crippen LogP contribution in [0.3, 0.4) is 0 Å². The van der Waals surface area contributed by atoms with Crippen LogP contribution >= 0.6 is 15.9 Å². The SMILES string of the molecule is CCCC(Br)CNC(=O)CCc1ccco1. The second-order valence-corrected chi connectivity index (χ2v) is 5.06. The van der Waals surface area contributed by atoms with Gasteiger partial charge in [-0.2, -0.15) is 0 Å². The van der Waals surface area contributed by atoms with Gasteiger partial charge in [0, 0.05) is 24.2 Å². The molecule has 16 heavy (non-hydrogen) atoms. The van der Waals surface area contributed by atoms with E-state index >= 15 is 0 Å². The lowest BCUT2D eigenvalue weighted by atomic mass is 10.2. The van der Waals surface area contributed by atoms with Crippen molar-refractivity contribution in [1.29, 1.82) is 0 Å². The molecular formula is C12H18BrNO2. The number of amides is 1. The molecule has 1 atom stereocenters. The fourth-order valence-electron chi connectivity index (χ4n) is 1.42. The molecule has 3 nitrogen and oxygen atoms in total. The summed E-state index contributed by atoms with van der Waals surface area (Å²) in [5.41, 5.74) is 0. The highest BCUT2D eigenvalue weighted by Gasteiger charge is 2.06. The van der Waals surface area contributed by atoms with E-state index in [0.717, 1.165) is 18.6 Å². The van der Waals surface area contributed by atoms with Gasteiger partial charge in [-0.1, -0.05) is 29.3 Å². The van der Waals surface area contributed by atoms with E-state index < -0.39 is 0 Å². The molecule has 0 fully saturated rings. The van der Waals surface area contributed by atoms with E-state index in [2.05, 4.69) is 28.2 Å². The van der Waals surface area contributed by atoms with Crippen LogP contribution in [0.2, 0.25) is 0 Å². The molecule has 0 aliphatic carbocycles. The van der Waals surface area contributed by atoms with Gasteiger partial charge in [0.15, 0.2) is 0 Å². The van der Waals surface area contributed by atoms with Crippen molar-refractivity contribution in [2.45, 2.75) is 37.4 Å². The molecule has 90 valence electrons. The van der Waals surface area contributed by atoms with Crippen molar-refractivity contribution in [2.24, 2.45) is 0 Å². The Bertz CT molecular complexity index is 298. The van der Waals surface area contributed by atoms with E-state index in [4.69, 9.17) is 4.42 Å². The van der Waals surface area contributed by atoms with Gasteiger partial charge in [-0.25, -0.2) is 0 Å². The third-order valence-electron chi connectivity index (χ3n) is 2.30. The van der Waals surface area contributed by atoms with Gasteiger partial charge in [-0.3, -0.25) is 4.79 Å². The van der Waals surface area contributed by atoms with E-state index in [1.807, 2.05) is 12.1 Å². The molecule has 1 amide bonds. The summed E-state index contributed by atoms with van der Waals surface area (Å²) < 4.78 is 5.16. The monoisotopic (exact) mass is 287 g/mol. The van der Waals surface area contributed by atoms with Crippen LogP contribution in [0.4, 0.5) is 0 Å². The van der Waals surface area contributed by atoms with Crippen molar-refractivity contribution < 1.29 is 9.21 Å². The van der Waals surface area contributed by atoms with Crippen molar-refractivity contribution in [1.82, 2.24) is 5.32 Å². The largest absolute Gasteiger partial charge is 0.469 e. The number of furan rings is 1. The fourth-order valence-corrected chi connectivity index (χ4v) is 2.04. The molecule has 0 saturated carbocycles. The Balaban J connectivity index is 2.11. The minimum Gasteiger partial charge on any atom is -0.469 e. The molecule has 0 spiro atoms. The minimum absolute atomic E-state index is 0.0805. The minimum atomic E-state index is 0.0805. The van der Waals surface area contributed by atoms with Crippen LogP contribution in [0.25, 0.3) is 0 Å². The van der Waals surface area contributed by atoms with Gasteiger partial charge < -0.3 is 9.73 Å². The summed E-state index contributed by atoms with van der Waals surface area (Å²) in [5, 5.41) is 2.90. The zero-order valence-electron chi connectivity index (χ0n) is 9.54. The van der Waals surface area contributed by atoms with E-state index in [1.54, 1.807) is 6.26 Å². The summed E-state index contributed by atoms with van der Waals surface area (Å²) in [4.78, 5) is 11.9. The van der Waals surface area contributed by atoms with Crippen molar-refractivity contribution in [2.75, 3.05) is 6.54 Å². The second kappa shape index (κ2) is 7.49. The number of alkyl halides is 1. The molecular weight excluding hydrogens is 270 g/mol. The Morgan fingerprint density at radius 3 is 3.06 bits per heavy atom. The molecule has 0 aliphatic rings. The number of aryl methyl sites for hydroxylation is 1. The maximum atomic E-state index is 11.5. The fraction of sp³-hybridized carbons (Fsp3) is 0.583. The first-order chi connectivity index (χ1) is 7.72. The maximum absolute atomic E-state index is 11.5. The highest BCUT2D eigenvalue weighted by atomic mass is 79.9. The maximum Gasteiger partial charge on any atom is 0.220 e. The summed E-state index contributed by atoms with van der Waals surface area (Å²) in [6.45, 7) is 2.83. The first-order valence-electron chi connectivity index (χ1n) is 5.65. The Morgan fingerprint density at radius 2 is 2.44 bits per heavy atom. The van der Waals surface area contributed by atoms with E-state index in [0.29, 0.717) is 24.2 Å². The topological polar surface area (TPSA) is 42.2 Å². The average Bonchev–Trinajstić information content (AvgIpc) is 2.77.